The summed E-state index contributed by atoms with van der Waals surface area (Å²) in [6, 6.07) is 3.12. The second kappa shape index (κ2) is 3.16. The van der Waals surface area contributed by atoms with Crippen molar-refractivity contribution in [3.8, 4) is 0 Å². The molecule has 0 aliphatic carbocycles. The molecule has 0 saturated heterocycles. The van der Waals surface area contributed by atoms with Gasteiger partial charge in [0, 0.05) is 0 Å². The summed E-state index contributed by atoms with van der Waals surface area (Å²) in [6.07, 6.45) is 0. The van der Waals surface area contributed by atoms with Crippen LogP contribution in [0, 0.1) is 0 Å². The maximum absolute atomic E-state index is 5.46. The van der Waals surface area contributed by atoms with E-state index in [1.807, 2.05) is 0 Å². The van der Waals surface area contributed by atoms with Gasteiger partial charge in [-0.05, 0) is 12.1 Å². The summed E-state index contributed by atoms with van der Waals surface area (Å²) in [6.45, 7) is 0. The van der Waals surface area contributed by atoms with Crippen molar-refractivity contribution < 1.29 is 0 Å². The molecule has 1 rings (SSSR count). The van der Waals surface area contributed by atoms with Gasteiger partial charge in [0.15, 0.2) is 16.9 Å². The Morgan fingerprint density at radius 2 is 2.09 bits per heavy atom. The van der Waals surface area contributed by atoms with Crippen LogP contribution in [0.4, 0.5) is 5.82 Å². The van der Waals surface area contributed by atoms with Gasteiger partial charge >= 0.3 is 0 Å². The van der Waals surface area contributed by atoms with Gasteiger partial charge in [0.05, 0.1) is 0 Å². The molecule has 1 aromatic rings. The molecule has 6 heteroatoms. The lowest BCUT2D eigenvalue weighted by Crippen LogP contribution is -2.22. The first-order valence-electron chi connectivity index (χ1n) is 2.77. The van der Waals surface area contributed by atoms with Crippen LogP contribution in [0.2, 0.25) is 5.15 Å². The highest BCUT2D eigenvalue weighted by Gasteiger charge is 1.92. The Labute approximate surface area is 68.1 Å². The third-order valence-corrected chi connectivity index (χ3v) is 1.06. The van der Waals surface area contributed by atoms with E-state index in [2.05, 4.69) is 15.2 Å². The zero-order valence-corrected chi connectivity index (χ0v) is 6.28. The minimum Gasteiger partial charge on any atom is -0.370 e. The average Bonchev–Trinajstić information content (AvgIpc) is 1.93. The molecule has 1 aromatic heterocycles. The molecule has 0 unspecified atom stereocenters. The topological polar surface area (TPSA) is 90.2 Å². The molecule has 0 aliphatic rings. The van der Waals surface area contributed by atoms with Crippen molar-refractivity contribution in [1.82, 2.24) is 10.2 Å². The number of nitrogens with two attached hydrogens (primary N) is 2. The highest BCUT2D eigenvalue weighted by atomic mass is 35.5. The van der Waals surface area contributed by atoms with Crippen LogP contribution in [-0.2, 0) is 0 Å². The van der Waals surface area contributed by atoms with Gasteiger partial charge in [0.2, 0.25) is 0 Å². The zero-order chi connectivity index (χ0) is 8.27. The third kappa shape index (κ3) is 2.38. The van der Waals surface area contributed by atoms with E-state index < -0.39 is 0 Å². The normalized spacial score (nSPS) is 9.18. The molecule has 0 fully saturated rings. The van der Waals surface area contributed by atoms with Crippen LogP contribution in [0.1, 0.15) is 0 Å². The van der Waals surface area contributed by atoms with Crippen LogP contribution in [0.5, 0.6) is 0 Å². The molecule has 0 spiro atoms. The fraction of sp³-hybridized carbons (Fsp3) is 0. The Morgan fingerprint density at radius 1 is 1.36 bits per heavy atom. The Bertz CT molecular complexity index is 263. The largest absolute Gasteiger partial charge is 0.370 e. The lowest BCUT2D eigenvalue weighted by Gasteiger charge is -1.91. The van der Waals surface area contributed by atoms with Gasteiger partial charge < -0.3 is 11.5 Å². The Balaban J connectivity index is 2.91. The van der Waals surface area contributed by atoms with Gasteiger partial charge in [-0.2, -0.15) is 4.99 Å². The number of hydrogen-bond donors (Lipinski definition) is 2. The Morgan fingerprint density at radius 3 is 2.55 bits per heavy atom. The smallest absolute Gasteiger partial charge is 0.192 e. The van der Waals surface area contributed by atoms with Crippen molar-refractivity contribution in [2.75, 3.05) is 0 Å². The summed E-state index contributed by atoms with van der Waals surface area (Å²) in [5.74, 6) is 0.288. The molecule has 0 atom stereocenters. The molecule has 0 aromatic carbocycles. The van der Waals surface area contributed by atoms with Crippen molar-refractivity contribution in [2.24, 2.45) is 16.5 Å². The minimum absolute atomic E-state index is 0.0541. The maximum Gasteiger partial charge on any atom is 0.192 e. The van der Waals surface area contributed by atoms with Crippen molar-refractivity contribution in [3.05, 3.63) is 17.3 Å². The van der Waals surface area contributed by atoms with Gasteiger partial charge in [0.25, 0.3) is 0 Å². The van der Waals surface area contributed by atoms with E-state index in [4.69, 9.17) is 23.1 Å². The van der Waals surface area contributed by atoms with Crippen LogP contribution < -0.4 is 11.5 Å². The summed E-state index contributed by atoms with van der Waals surface area (Å²) < 4.78 is 0. The summed E-state index contributed by atoms with van der Waals surface area (Å²) in [5.41, 5.74) is 10.2. The number of guanidine groups is 1. The Hall–Kier alpha value is -1.36. The molecular formula is C5H6ClN5. The second-order valence-corrected chi connectivity index (χ2v) is 2.14. The summed E-state index contributed by atoms with van der Waals surface area (Å²) in [5, 5.41) is 7.42. The predicted molar refractivity (Wildman–Crippen MR) is 42.5 cm³/mol. The first kappa shape index (κ1) is 7.74. The lowest BCUT2D eigenvalue weighted by molar-refractivity contribution is 1.02. The molecule has 4 N–H and O–H groups in total. The molecule has 11 heavy (non-hydrogen) atoms. The van der Waals surface area contributed by atoms with Crippen molar-refractivity contribution in [3.63, 3.8) is 0 Å². The van der Waals surface area contributed by atoms with E-state index in [1.54, 1.807) is 12.1 Å². The molecule has 0 radical (unpaired) electrons. The molecule has 0 aliphatic heterocycles. The van der Waals surface area contributed by atoms with Crippen LogP contribution >= 0.6 is 11.6 Å². The number of hydrogen-bond acceptors (Lipinski definition) is 3. The first-order chi connectivity index (χ1) is 5.18. The zero-order valence-electron chi connectivity index (χ0n) is 5.53. The maximum atomic E-state index is 5.46. The van der Waals surface area contributed by atoms with E-state index >= 15 is 0 Å². The number of halogens is 1. The lowest BCUT2D eigenvalue weighted by atomic mass is 10.5. The minimum atomic E-state index is -0.0541. The van der Waals surface area contributed by atoms with Crippen molar-refractivity contribution in [2.45, 2.75) is 0 Å². The molecule has 5 nitrogen and oxygen atoms in total. The molecule has 1 heterocycles. The van der Waals surface area contributed by atoms with E-state index in [9.17, 15) is 0 Å². The number of aliphatic imine (C=N–C) groups is 1. The van der Waals surface area contributed by atoms with Crippen molar-refractivity contribution in [1.29, 1.82) is 0 Å². The molecule has 0 saturated carbocycles. The molecule has 0 amide bonds. The van der Waals surface area contributed by atoms with Crippen LogP contribution in [0.25, 0.3) is 0 Å². The van der Waals surface area contributed by atoms with E-state index in [1.165, 1.54) is 0 Å². The molecule has 58 valence electrons. The quantitative estimate of drug-likeness (QED) is 0.461. The van der Waals surface area contributed by atoms with E-state index in [0.717, 1.165) is 0 Å². The second-order valence-electron chi connectivity index (χ2n) is 1.75. The SMILES string of the molecule is NC(N)=Nc1ccc(Cl)nn1. The van der Waals surface area contributed by atoms with Gasteiger partial charge in [-0.3, -0.25) is 0 Å². The van der Waals surface area contributed by atoms with Crippen LogP contribution in [0.3, 0.4) is 0 Å². The fourth-order valence-corrected chi connectivity index (χ4v) is 0.602. The van der Waals surface area contributed by atoms with Crippen LogP contribution in [-0.4, -0.2) is 16.2 Å². The highest BCUT2D eigenvalue weighted by molar-refractivity contribution is 6.29. The summed E-state index contributed by atoms with van der Waals surface area (Å²) in [4.78, 5) is 3.64. The van der Waals surface area contributed by atoms with Gasteiger partial charge in [-0.25, -0.2) is 0 Å². The fourth-order valence-electron chi connectivity index (χ4n) is 0.501. The molecular weight excluding hydrogens is 166 g/mol. The monoisotopic (exact) mass is 171 g/mol. The average molecular weight is 172 g/mol. The third-order valence-electron chi connectivity index (χ3n) is 0.862. The summed E-state index contributed by atoms with van der Waals surface area (Å²) in [7, 11) is 0. The highest BCUT2D eigenvalue weighted by Crippen LogP contribution is 2.07. The van der Waals surface area contributed by atoms with Crippen molar-refractivity contribution >= 4 is 23.4 Å². The number of aromatic nitrogens is 2. The Kier molecular flexibility index (Phi) is 2.22. The standard InChI is InChI=1S/C5H6ClN5/c6-3-1-2-4(11-10-3)9-5(7)8/h1-2H,(H4,7,8,9,11). The molecule has 0 bridgehead atoms. The number of nitrogens with zero attached hydrogens (tertiary/aromatic N) is 3. The number of rotatable bonds is 1. The van der Waals surface area contributed by atoms with E-state index in [0.29, 0.717) is 11.0 Å². The predicted octanol–water partition coefficient (Wildman–Crippen LogP) is 0.0349. The first-order valence-corrected chi connectivity index (χ1v) is 3.15. The van der Waals surface area contributed by atoms with Crippen LogP contribution in [0.15, 0.2) is 17.1 Å². The summed E-state index contributed by atoms with van der Waals surface area (Å²) >= 11 is 5.46. The van der Waals surface area contributed by atoms with Gasteiger partial charge in [-0.15, -0.1) is 10.2 Å². The van der Waals surface area contributed by atoms with E-state index in [-0.39, 0.29) is 5.96 Å². The van der Waals surface area contributed by atoms with Gasteiger partial charge in [0.1, 0.15) is 0 Å². The van der Waals surface area contributed by atoms with Gasteiger partial charge in [-0.1, -0.05) is 11.6 Å².